The van der Waals surface area contributed by atoms with Crippen LogP contribution in [0.1, 0.15) is 18.9 Å². The summed E-state index contributed by atoms with van der Waals surface area (Å²) in [6.45, 7) is 0.811. The zero-order chi connectivity index (χ0) is 22.6. The molecule has 0 aliphatic rings. The molecule has 0 unspecified atom stereocenters. The molecule has 0 aromatic heterocycles. The first kappa shape index (κ1) is 23.4. The van der Waals surface area contributed by atoms with Crippen molar-refractivity contribution in [2.24, 2.45) is 0 Å². The number of allylic oxidation sites excluding steroid dienone is 1. The van der Waals surface area contributed by atoms with Gasteiger partial charge in [-0.25, -0.2) is 9.18 Å². The van der Waals surface area contributed by atoms with Gasteiger partial charge in [-0.1, -0.05) is 30.4 Å². The topological polar surface area (TPSA) is 88.9 Å². The van der Waals surface area contributed by atoms with Gasteiger partial charge in [-0.3, -0.25) is 4.79 Å². The molecule has 0 saturated heterocycles. The average Bonchev–Trinajstić information content (AvgIpc) is 2.78. The van der Waals surface area contributed by atoms with Gasteiger partial charge in [-0.2, -0.15) is 5.26 Å². The van der Waals surface area contributed by atoms with Crippen LogP contribution in [0.2, 0.25) is 0 Å². The Morgan fingerprint density at radius 3 is 2.61 bits per heavy atom. The van der Waals surface area contributed by atoms with E-state index in [1.54, 1.807) is 24.3 Å². The number of benzene rings is 2. The molecule has 0 spiro atoms. The van der Waals surface area contributed by atoms with E-state index in [2.05, 4.69) is 0 Å². The fourth-order valence-corrected chi connectivity index (χ4v) is 2.71. The summed E-state index contributed by atoms with van der Waals surface area (Å²) in [7, 11) is 1.48. The molecule has 8 heteroatoms. The van der Waals surface area contributed by atoms with E-state index in [0.29, 0.717) is 11.5 Å². The van der Waals surface area contributed by atoms with Crippen LogP contribution in [0.3, 0.4) is 0 Å². The standard InChI is InChI=1S/C23H23FN2O5/c1-3-7-17-10-11-20(21(14-17)29-2)30-16-23(28)31-15-22(27)26(13-6-12-25)19-9-5-4-8-18(19)24/h3-5,7-11,14H,6,13,15-16H2,1-2H3/b7-3+. The van der Waals surface area contributed by atoms with E-state index < -0.39 is 30.9 Å². The summed E-state index contributed by atoms with van der Waals surface area (Å²) in [6.07, 6.45) is 3.77. The van der Waals surface area contributed by atoms with E-state index in [0.717, 1.165) is 10.5 Å². The second-order valence-electron chi connectivity index (χ2n) is 6.26. The van der Waals surface area contributed by atoms with Crippen molar-refractivity contribution in [3.8, 4) is 17.6 Å². The lowest BCUT2D eigenvalue weighted by atomic mass is 10.2. The van der Waals surface area contributed by atoms with E-state index in [-0.39, 0.29) is 18.7 Å². The van der Waals surface area contributed by atoms with Gasteiger partial charge in [0.05, 0.1) is 25.3 Å². The second kappa shape index (κ2) is 12.0. The third-order valence-electron chi connectivity index (χ3n) is 4.14. The van der Waals surface area contributed by atoms with E-state index in [1.165, 1.54) is 25.3 Å². The normalized spacial score (nSPS) is 10.4. The highest BCUT2D eigenvalue weighted by Gasteiger charge is 2.20. The lowest BCUT2D eigenvalue weighted by Gasteiger charge is -2.22. The molecular weight excluding hydrogens is 403 g/mol. The maximum absolute atomic E-state index is 14.1. The number of nitriles is 1. The van der Waals surface area contributed by atoms with Crippen molar-refractivity contribution in [2.45, 2.75) is 13.3 Å². The van der Waals surface area contributed by atoms with Gasteiger partial charge in [-0.15, -0.1) is 0 Å². The van der Waals surface area contributed by atoms with Crippen LogP contribution in [-0.4, -0.2) is 38.7 Å². The van der Waals surface area contributed by atoms with E-state index >= 15 is 0 Å². The van der Waals surface area contributed by atoms with Gasteiger partial charge in [0.15, 0.2) is 24.7 Å². The molecule has 0 radical (unpaired) electrons. The van der Waals surface area contributed by atoms with Gasteiger partial charge >= 0.3 is 5.97 Å². The van der Waals surface area contributed by atoms with Crippen LogP contribution in [0.5, 0.6) is 11.5 Å². The molecule has 2 aromatic rings. The fourth-order valence-electron chi connectivity index (χ4n) is 2.71. The van der Waals surface area contributed by atoms with E-state index in [1.807, 2.05) is 25.1 Å². The first-order chi connectivity index (χ1) is 15.0. The Kier molecular flexibility index (Phi) is 9.05. The predicted octanol–water partition coefficient (Wildman–Crippen LogP) is 3.74. The summed E-state index contributed by atoms with van der Waals surface area (Å²) in [6, 6.07) is 12.8. The highest BCUT2D eigenvalue weighted by Crippen LogP contribution is 2.28. The van der Waals surface area contributed by atoms with Crippen molar-refractivity contribution < 1.29 is 28.2 Å². The Balaban J connectivity index is 1.95. The van der Waals surface area contributed by atoms with Crippen LogP contribution in [-0.2, 0) is 14.3 Å². The number of ether oxygens (including phenoxy) is 3. The maximum Gasteiger partial charge on any atom is 0.344 e. The summed E-state index contributed by atoms with van der Waals surface area (Å²) in [5, 5.41) is 8.80. The smallest absolute Gasteiger partial charge is 0.344 e. The zero-order valence-electron chi connectivity index (χ0n) is 17.3. The third-order valence-corrected chi connectivity index (χ3v) is 4.14. The van der Waals surface area contributed by atoms with Crippen molar-refractivity contribution in [3.63, 3.8) is 0 Å². The first-order valence-electron chi connectivity index (χ1n) is 9.51. The van der Waals surface area contributed by atoms with Crippen LogP contribution in [0.25, 0.3) is 6.08 Å². The number of halogens is 1. The van der Waals surface area contributed by atoms with Gasteiger partial charge in [0.2, 0.25) is 0 Å². The number of carbonyl (C=O) groups is 2. The number of para-hydroxylation sites is 1. The number of carbonyl (C=O) groups excluding carboxylic acids is 2. The monoisotopic (exact) mass is 426 g/mol. The molecule has 7 nitrogen and oxygen atoms in total. The molecule has 0 atom stereocenters. The summed E-state index contributed by atoms with van der Waals surface area (Å²) < 4.78 is 29.7. The van der Waals surface area contributed by atoms with Crippen molar-refractivity contribution in [3.05, 3.63) is 59.9 Å². The molecule has 0 N–H and O–H groups in total. The number of hydrogen-bond acceptors (Lipinski definition) is 6. The predicted molar refractivity (Wildman–Crippen MR) is 113 cm³/mol. The number of hydrogen-bond donors (Lipinski definition) is 0. The molecule has 0 heterocycles. The summed E-state index contributed by atoms with van der Waals surface area (Å²) in [5.74, 6) is -1.25. The number of anilines is 1. The number of nitrogens with zero attached hydrogens (tertiary/aromatic N) is 2. The quantitative estimate of drug-likeness (QED) is 0.538. The SMILES string of the molecule is C/C=C/c1ccc(OCC(=O)OCC(=O)N(CCC#N)c2ccccc2F)c(OC)c1. The second-order valence-corrected chi connectivity index (χ2v) is 6.26. The van der Waals surface area contributed by atoms with Gasteiger partial charge < -0.3 is 19.1 Å². The molecule has 162 valence electrons. The van der Waals surface area contributed by atoms with E-state index in [4.69, 9.17) is 19.5 Å². The summed E-state index contributed by atoms with van der Waals surface area (Å²) in [4.78, 5) is 25.6. The van der Waals surface area contributed by atoms with Gasteiger partial charge in [0.1, 0.15) is 5.82 Å². The Hall–Kier alpha value is -3.86. The van der Waals surface area contributed by atoms with Crippen molar-refractivity contribution in [1.29, 1.82) is 5.26 Å². The number of amides is 1. The van der Waals surface area contributed by atoms with Crippen molar-refractivity contribution >= 4 is 23.6 Å². The van der Waals surface area contributed by atoms with Gasteiger partial charge in [-0.05, 0) is 36.8 Å². The summed E-state index contributed by atoms with van der Waals surface area (Å²) in [5.41, 5.74) is 0.923. The number of methoxy groups -OCH3 is 1. The third kappa shape index (κ3) is 6.85. The van der Waals surface area contributed by atoms with Crippen LogP contribution >= 0.6 is 0 Å². The number of rotatable bonds is 10. The van der Waals surface area contributed by atoms with Crippen molar-refractivity contribution in [1.82, 2.24) is 0 Å². The molecule has 0 bridgehead atoms. The van der Waals surface area contributed by atoms with Gasteiger partial charge in [0, 0.05) is 6.54 Å². The summed E-state index contributed by atoms with van der Waals surface area (Å²) >= 11 is 0. The maximum atomic E-state index is 14.1. The van der Waals surface area contributed by atoms with Crippen LogP contribution in [0.15, 0.2) is 48.5 Å². The average molecular weight is 426 g/mol. The lowest BCUT2D eigenvalue weighted by Crippen LogP contribution is -2.36. The molecular formula is C23H23FN2O5. The van der Waals surface area contributed by atoms with Crippen LogP contribution in [0.4, 0.5) is 10.1 Å². The molecule has 2 aromatic carbocycles. The van der Waals surface area contributed by atoms with Crippen molar-refractivity contribution in [2.75, 3.05) is 31.8 Å². The lowest BCUT2D eigenvalue weighted by molar-refractivity contribution is -0.149. The van der Waals surface area contributed by atoms with Crippen LogP contribution < -0.4 is 14.4 Å². The highest BCUT2D eigenvalue weighted by molar-refractivity contribution is 5.95. The number of esters is 1. The minimum absolute atomic E-state index is 0.000140. The molecule has 1 amide bonds. The fraction of sp³-hybridized carbons (Fsp3) is 0.261. The Morgan fingerprint density at radius 1 is 1.16 bits per heavy atom. The Morgan fingerprint density at radius 2 is 1.94 bits per heavy atom. The molecule has 0 aliphatic heterocycles. The molecule has 31 heavy (non-hydrogen) atoms. The minimum Gasteiger partial charge on any atom is -0.493 e. The Labute approximate surface area is 180 Å². The zero-order valence-corrected chi connectivity index (χ0v) is 17.3. The molecule has 0 fully saturated rings. The first-order valence-corrected chi connectivity index (χ1v) is 9.51. The molecule has 2 rings (SSSR count). The largest absolute Gasteiger partial charge is 0.493 e. The Bertz CT molecular complexity index is 984. The van der Waals surface area contributed by atoms with Crippen LogP contribution in [0, 0.1) is 17.1 Å². The minimum atomic E-state index is -0.776. The van der Waals surface area contributed by atoms with Gasteiger partial charge in [0.25, 0.3) is 5.91 Å². The van der Waals surface area contributed by atoms with E-state index in [9.17, 15) is 14.0 Å². The highest BCUT2D eigenvalue weighted by atomic mass is 19.1. The molecule has 0 saturated carbocycles. The molecule has 0 aliphatic carbocycles.